The van der Waals surface area contributed by atoms with Crippen LogP contribution < -0.4 is 5.32 Å². The van der Waals surface area contributed by atoms with Crippen molar-refractivity contribution in [3.8, 4) is 0 Å². The van der Waals surface area contributed by atoms with E-state index in [0.717, 1.165) is 7.57 Å². The van der Waals surface area contributed by atoms with Gasteiger partial charge in [0.05, 0.1) is 20.7 Å². The predicted molar refractivity (Wildman–Crippen MR) is 84.8 cm³/mol. The zero-order chi connectivity index (χ0) is 14.4. The molecule has 0 atom stereocenters. The van der Waals surface area contributed by atoms with Crippen LogP contribution >= 0.6 is 43.2 Å². The fourth-order valence-corrected chi connectivity index (χ4v) is 4.41. The minimum atomic E-state index is -0.0530. The van der Waals surface area contributed by atoms with Gasteiger partial charge in [0, 0.05) is 12.1 Å². The maximum absolute atomic E-state index is 12.2. The van der Waals surface area contributed by atoms with Crippen LogP contribution in [0.25, 0.3) is 0 Å². The van der Waals surface area contributed by atoms with E-state index in [2.05, 4.69) is 37.2 Å². The molecule has 106 valence electrons. The van der Waals surface area contributed by atoms with Crippen LogP contribution in [0.3, 0.4) is 0 Å². The Morgan fingerprint density at radius 2 is 2.00 bits per heavy atom. The summed E-state index contributed by atoms with van der Waals surface area (Å²) < 4.78 is 1.73. The molecule has 19 heavy (non-hydrogen) atoms. The number of amides is 1. The Bertz CT molecular complexity index is 463. The molecule has 1 amide bonds. The highest BCUT2D eigenvalue weighted by molar-refractivity contribution is 9.12. The number of hydrogen-bond acceptors (Lipinski definition) is 4. The van der Waals surface area contributed by atoms with Crippen molar-refractivity contribution in [2.75, 3.05) is 26.2 Å². The lowest BCUT2D eigenvalue weighted by molar-refractivity contribution is -0.121. The zero-order valence-electron chi connectivity index (χ0n) is 10.8. The van der Waals surface area contributed by atoms with Crippen molar-refractivity contribution in [1.82, 2.24) is 10.2 Å². The summed E-state index contributed by atoms with van der Waals surface area (Å²) >= 11 is 8.20. The summed E-state index contributed by atoms with van der Waals surface area (Å²) in [7, 11) is 0. The number of hydrogen-bond donors (Lipinski definition) is 1. The number of rotatable bonds is 7. The van der Waals surface area contributed by atoms with E-state index in [-0.39, 0.29) is 24.8 Å². The Labute approximate surface area is 133 Å². The molecule has 7 heteroatoms. The van der Waals surface area contributed by atoms with E-state index in [1.54, 1.807) is 6.07 Å². The first-order chi connectivity index (χ1) is 8.97. The van der Waals surface area contributed by atoms with Crippen molar-refractivity contribution in [1.29, 1.82) is 0 Å². The molecular weight excluding hydrogens is 396 g/mol. The third-order valence-electron chi connectivity index (χ3n) is 2.51. The van der Waals surface area contributed by atoms with Gasteiger partial charge in [0.15, 0.2) is 5.78 Å². The highest BCUT2D eigenvalue weighted by Gasteiger charge is 2.18. The van der Waals surface area contributed by atoms with E-state index >= 15 is 0 Å². The normalized spacial score (nSPS) is 10.8. The Balaban J connectivity index is 2.63. The number of Topliss-reactive ketones (excluding diaryl/α,β-unsaturated/α-hetero) is 1. The number of thiophene rings is 1. The largest absolute Gasteiger partial charge is 0.355 e. The number of carbonyl (C=O) groups excluding carboxylic acids is 2. The number of nitrogens with one attached hydrogen (secondary N) is 1. The lowest BCUT2D eigenvalue weighted by Crippen LogP contribution is -2.39. The van der Waals surface area contributed by atoms with Gasteiger partial charge in [-0.15, -0.1) is 11.3 Å². The smallest absolute Gasteiger partial charge is 0.234 e. The second-order valence-corrected chi connectivity index (χ2v) is 7.67. The predicted octanol–water partition coefficient (Wildman–Crippen LogP) is 2.91. The van der Waals surface area contributed by atoms with Crippen LogP contribution in [0.5, 0.6) is 0 Å². The molecule has 0 aliphatic heterocycles. The molecule has 0 spiro atoms. The molecule has 0 saturated carbocycles. The van der Waals surface area contributed by atoms with Crippen molar-refractivity contribution in [2.45, 2.75) is 13.8 Å². The van der Waals surface area contributed by atoms with Gasteiger partial charge in [-0.3, -0.25) is 14.5 Å². The first-order valence-corrected chi connectivity index (χ1v) is 8.35. The second kappa shape index (κ2) is 8.14. The van der Waals surface area contributed by atoms with Gasteiger partial charge in [0.2, 0.25) is 5.91 Å². The molecule has 0 aromatic carbocycles. The number of halogens is 2. The fourth-order valence-electron chi connectivity index (χ4n) is 1.55. The molecule has 0 bridgehead atoms. The molecule has 0 fully saturated rings. The van der Waals surface area contributed by atoms with Crippen molar-refractivity contribution in [3.05, 3.63) is 19.2 Å². The van der Waals surface area contributed by atoms with Gasteiger partial charge < -0.3 is 5.32 Å². The summed E-state index contributed by atoms with van der Waals surface area (Å²) in [5.74, 6) is -0.0392. The molecular formula is C12H16Br2N2O2S. The Hall–Kier alpha value is -0.240. The van der Waals surface area contributed by atoms with Crippen LogP contribution in [0, 0.1) is 0 Å². The number of likely N-dealkylation sites (N-methyl/N-ethyl adjacent to an activating group) is 2. The van der Waals surface area contributed by atoms with Gasteiger partial charge in [0.25, 0.3) is 0 Å². The minimum Gasteiger partial charge on any atom is -0.355 e. The highest BCUT2D eigenvalue weighted by Crippen LogP contribution is 2.32. The van der Waals surface area contributed by atoms with Crippen molar-refractivity contribution < 1.29 is 9.59 Å². The summed E-state index contributed by atoms with van der Waals surface area (Å²) in [5, 5.41) is 2.73. The third kappa shape index (κ3) is 5.33. The summed E-state index contributed by atoms with van der Waals surface area (Å²) in [6.07, 6.45) is 0. The Kier molecular flexibility index (Phi) is 7.20. The monoisotopic (exact) mass is 410 g/mol. The molecule has 4 nitrogen and oxygen atoms in total. The average molecular weight is 412 g/mol. The maximum atomic E-state index is 12.2. The van der Waals surface area contributed by atoms with Crippen LogP contribution in [0.1, 0.15) is 24.2 Å². The summed E-state index contributed by atoms with van der Waals surface area (Å²) in [6, 6.07) is 1.80. The van der Waals surface area contributed by atoms with Crippen LogP contribution in [0.15, 0.2) is 13.6 Å². The summed E-state index contributed by atoms with van der Waals surface area (Å²) in [5.41, 5.74) is 0.659. The highest BCUT2D eigenvalue weighted by atomic mass is 79.9. The molecule has 1 heterocycles. The third-order valence-corrected chi connectivity index (χ3v) is 4.85. The van der Waals surface area contributed by atoms with E-state index in [4.69, 9.17) is 0 Å². The summed E-state index contributed by atoms with van der Waals surface area (Å²) in [6.45, 7) is 5.57. The van der Waals surface area contributed by atoms with Crippen LogP contribution in [0.2, 0.25) is 0 Å². The van der Waals surface area contributed by atoms with Gasteiger partial charge in [0.1, 0.15) is 0 Å². The van der Waals surface area contributed by atoms with Crippen molar-refractivity contribution in [2.24, 2.45) is 0 Å². The molecule has 0 saturated heterocycles. The van der Waals surface area contributed by atoms with Gasteiger partial charge in [-0.05, 0) is 51.4 Å². The number of ketones is 1. The Morgan fingerprint density at radius 1 is 1.32 bits per heavy atom. The SMILES string of the molecule is CCNC(=O)CN(CC)CC(=O)c1cc(Br)sc1Br. The topological polar surface area (TPSA) is 49.4 Å². The molecule has 1 aromatic rings. The maximum Gasteiger partial charge on any atom is 0.234 e. The average Bonchev–Trinajstić information content (AvgIpc) is 2.67. The van der Waals surface area contributed by atoms with Crippen molar-refractivity contribution >= 4 is 54.9 Å². The van der Waals surface area contributed by atoms with E-state index in [0.29, 0.717) is 18.7 Å². The standard InChI is InChI=1S/C12H16Br2N2O2S/c1-3-15-11(18)7-16(4-2)6-9(17)8-5-10(13)19-12(8)14/h5H,3-4,6-7H2,1-2H3,(H,15,18). The van der Waals surface area contributed by atoms with Gasteiger partial charge >= 0.3 is 0 Å². The van der Waals surface area contributed by atoms with Crippen LogP contribution in [-0.4, -0.2) is 42.8 Å². The molecule has 0 aliphatic carbocycles. The van der Waals surface area contributed by atoms with Gasteiger partial charge in [-0.25, -0.2) is 0 Å². The lowest BCUT2D eigenvalue weighted by atomic mass is 10.2. The lowest BCUT2D eigenvalue weighted by Gasteiger charge is -2.18. The second-order valence-electron chi connectivity index (χ2n) is 3.92. The van der Waals surface area contributed by atoms with E-state index in [9.17, 15) is 9.59 Å². The number of nitrogens with zero attached hydrogens (tertiary/aromatic N) is 1. The van der Waals surface area contributed by atoms with Crippen LogP contribution in [-0.2, 0) is 4.79 Å². The van der Waals surface area contributed by atoms with Crippen molar-refractivity contribution in [3.63, 3.8) is 0 Å². The first-order valence-electron chi connectivity index (χ1n) is 5.95. The fraction of sp³-hybridized carbons (Fsp3) is 0.500. The van der Waals surface area contributed by atoms with E-state index in [1.165, 1.54) is 11.3 Å². The molecule has 1 N–H and O–H groups in total. The van der Waals surface area contributed by atoms with Gasteiger partial charge in [-0.1, -0.05) is 6.92 Å². The number of carbonyl (C=O) groups is 2. The zero-order valence-corrected chi connectivity index (χ0v) is 14.8. The first kappa shape index (κ1) is 16.8. The van der Waals surface area contributed by atoms with Crippen LogP contribution in [0.4, 0.5) is 0 Å². The quantitative estimate of drug-likeness (QED) is 0.701. The van der Waals surface area contributed by atoms with E-state index < -0.39 is 0 Å². The molecule has 0 unspecified atom stereocenters. The molecule has 1 aromatic heterocycles. The molecule has 1 rings (SSSR count). The molecule has 0 aliphatic rings. The van der Waals surface area contributed by atoms with E-state index in [1.807, 2.05) is 18.7 Å². The molecule has 0 radical (unpaired) electrons. The Morgan fingerprint density at radius 3 is 2.47 bits per heavy atom. The van der Waals surface area contributed by atoms with Gasteiger partial charge in [-0.2, -0.15) is 0 Å². The minimum absolute atomic E-state index is 0.0139. The summed E-state index contributed by atoms with van der Waals surface area (Å²) in [4.78, 5) is 25.5.